The molecule has 0 saturated carbocycles. The van der Waals surface area contributed by atoms with Crippen LogP contribution in [0.2, 0.25) is 0 Å². The van der Waals surface area contributed by atoms with Crippen LogP contribution in [0.5, 0.6) is 0 Å². The summed E-state index contributed by atoms with van der Waals surface area (Å²) in [4.78, 5) is 38.9. The summed E-state index contributed by atoms with van der Waals surface area (Å²) in [7, 11) is 0. The van der Waals surface area contributed by atoms with Gasteiger partial charge in [-0.1, -0.05) is 32.4 Å². The summed E-state index contributed by atoms with van der Waals surface area (Å²) in [6.45, 7) is 14.2. The van der Waals surface area contributed by atoms with Gasteiger partial charge >= 0.3 is 0 Å². The fraction of sp³-hybridized carbons (Fsp3) is 0.478. The quantitative estimate of drug-likeness (QED) is 0.776. The second kappa shape index (κ2) is 7.38. The number of aryl methyl sites for hydroxylation is 1. The maximum atomic E-state index is 12.6. The Bertz CT molecular complexity index is 1020. The van der Waals surface area contributed by atoms with Crippen molar-refractivity contribution in [2.24, 2.45) is 0 Å². The average molecular weight is 411 g/mol. The predicted molar refractivity (Wildman–Crippen MR) is 116 cm³/mol. The molecule has 0 atom stereocenters. The van der Waals surface area contributed by atoms with Crippen molar-refractivity contribution in [1.29, 1.82) is 0 Å². The number of rotatable bonds is 4. The Morgan fingerprint density at radius 1 is 1.00 bits per heavy atom. The van der Waals surface area contributed by atoms with E-state index in [4.69, 9.17) is 0 Å². The highest BCUT2D eigenvalue weighted by molar-refractivity contribution is 6.21. The average Bonchev–Trinajstić information content (AvgIpc) is 3.14. The van der Waals surface area contributed by atoms with Crippen LogP contribution >= 0.6 is 0 Å². The lowest BCUT2D eigenvalue weighted by molar-refractivity contribution is -0.116. The van der Waals surface area contributed by atoms with E-state index in [1.165, 1.54) is 0 Å². The third-order valence-corrected chi connectivity index (χ3v) is 5.07. The first-order chi connectivity index (χ1) is 13.8. The fourth-order valence-electron chi connectivity index (χ4n) is 3.37. The van der Waals surface area contributed by atoms with E-state index in [-0.39, 0.29) is 41.6 Å². The lowest BCUT2D eigenvalue weighted by Gasteiger charge is -2.23. The number of hydrogen-bond acceptors (Lipinski definition) is 4. The third-order valence-electron chi connectivity index (χ3n) is 5.07. The number of benzene rings is 1. The largest absolute Gasteiger partial charge is 0.311 e. The molecule has 0 bridgehead atoms. The van der Waals surface area contributed by atoms with Crippen molar-refractivity contribution >= 4 is 23.5 Å². The van der Waals surface area contributed by atoms with Gasteiger partial charge in [-0.25, -0.2) is 4.68 Å². The Kier molecular flexibility index (Phi) is 5.35. The first kappa shape index (κ1) is 21.7. The molecule has 160 valence electrons. The fourth-order valence-corrected chi connectivity index (χ4v) is 3.37. The maximum Gasteiger partial charge on any atom is 0.261 e. The topological polar surface area (TPSA) is 84.3 Å². The van der Waals surface area contributed by atoms with E-state index in [1.807, 2.05) is 33.8 Å². The normalized spacial score (nSPS) is 14.3. The maximum absolute atomic E-state index is 12.6. The molecule has 0 fully saturated rings. The van der Waals surface area contributed by atoms with Gasteiger partial charge in [0.2, 0.25) is 5.91 Å². The first-order valence-electron chi connectivity index (χ1n) is 10.2. The lowest BCUT2D eigenvalue weighted by Crippen LogP contribution is -2.33. The molecule has 2 aromatic rings. The number of aromatic nitrogens is 2. The molecule has 1 aromatic heterocycles. The van der Waals surface area contributed by atoms with Gasteiger partial charge in [-0.3, -0.25) is 19.3 Å². The van der Waals surface area contributed by atoms with Crippen molar-refractivity contribution in [3.05, 3.63) is 46.6 Å². The van der Waals surface area contributed by atoms with Gasteiger partial charge in [-0.15, -0.1) is 0 Å². The Morgan fingerprint density at radius 2 is 1.63 bits per heavy atom. The SMILES string of the molecule is Cc1ccc2c(c1)C(=O)N(CCC(=O)Nc1cc(C(C)(C)C)nn1C(C)(C)C)C2=O. The van der Waals surface area contributed by atoms with Crippen LogP contribution in [0.25, 0.3) is 0 Å². The second-order valence-electron chi connectivity index (χ2n) is 9.86. The van der Waals surface area contributed by atoms with Crippen LogP contribution in [-0.2, 0) is 15.7 Å². The van der Waals surface area contributed by atoms with Crippen molar-refractivity contribution < 1.29 is 14.4 Å². The van der Waals surface area contributed by atoms with Gasteiger partial charge in [-0.2, -0.15) is 5.10 Å². The summed E-state index contributed by atoms with van der Waals surface area (Å²) in [6.07, 6.45) is 0.0185. The Labute approximate surface area is 177 Å². The molecule has 0 radical (unpaired) electrons. The molecule has 1 aliphatic rings. The molecule has 0 spiro atoms. The minimum absolute atomic E-state index is 0.0185. The summed E-state index contributed by atoms with van der Waals surface area (Å²) in [5, 5.41) is 7.59. The Morgan fingerprint density at radius 3 is 2.23 bits per heavy atom. The van der Waals surface area contributed by atoms with Crippen molar-refractivity contribution in [3.63, 3.8) is 0 Å². The van der Waals surface area contributed by atoms with Gasteiger partial charge in [0.1, 0.15) is 5.82 Å². The number of fused-ring (bicyclic) bond motifs is 1. The molecule has 0 saturated heterocycles. The van der Waals surface area contributed by atoms with E-state index in [1.54, 1.807) is 22.9 Å². The summed E-state index contributed by atoms with van der Waals surface area (Å²) in [6, 6.07) is 7.07. The number of hydrogen-bond donors (Lipinski definition) is 1. The van der Waals surface area contributed by atoms with E-state index >= 15 is 0 Å². The molecule has 0 aliphatic carbocycles. The molecular formula is C23H30N4O3. The Balaban J connectivity index is 1.72. The summed E-state index contributed by atoms with van der Waals surface area (Å²) < 4.78 is 1.80. The first-order valence-corrected chi connectivity index (χ1v) is 10.2. The summed E-state index contributed by atoms with van der Waals surface area (Å²) in [5.41, 5.74) is 2.12. The van der Waals surface area contributed by atoms with Gasteiger partial charge in [0, 0.05) is 24.4 Å². The second-order valence-corrected chi connectivity index (χ2v) is 9.86. The molecule has 2 heterocycles. The number of amides is 3. The molecule has 1 N–H and O–H groups in total. The van der Waals surface area contributed by atoms with Crippen LogP contribution in [0.15, 0.2) is 24.3 Å². The summed E-state index contributed by atoms with van der Waals surface area (Å²) >= 11 is 0. The highest BCUT2D eigenvalue weighted by atomic mass is 16.2. The molecule has 1 aliphatic heterocycles. The molecule has 3 rings (SSSR count). The van der Waals surface area contributed by atoms with Crippen LogP contribution in [0.3, 0.4) is 0 Å². The van der Waals surface area contributed by atoms with Crippen LogP contribution in [0, 0.1) is 6.92 Å². The van der Waals surface area contributed by atoms with Gasteiger partial charge in [0.05, 0.1) is 22.4 Å². The third kappa shape index (κ3) is 4.15. The van der Waals surface area contributed by atoms with E-state index in [0.29, 0.717) is 16.9 Å². The van der Waals surface area contributed by atoms with Crippen molar-refractivity contribution in [2.75, 3.05) is 11.9 Å². The molecule has 1 aromatic carbocycles. The number of carbonyl (C=O) groups excluding carboxylic acids is 3. The number of anilines is 1. The van der Waals surface area contributed by atoms with E-state index in [0.717, 1.165) is 16.2 Å². The van der Waals surface area contributed by atoms with E-state index < -0.39 is 0 Å². The van der Waals surface area contributed by atoms with E-state index in [9.17, 15) is 14.4 Å². The van der Waals surface area contributed by atoms with Gasteiger partial charge in [0.25, 0.3) is 11.8 Å². The predicted octanol–water partition coefficient (Wildman–Crippen LogP) is 3.87. The van der Waals surface area contributed by atoms with Crippen LogP contribution in [-0.4, -0.2) is 38.9 Å². The zero-order chi connectivity index (χ0) is 22.4. The van der Waals surface area contributed by atoms with Crippen LogP contribution < -0.4 is 5.32 Å². The summed E-state index contributed by atoms with van der Waals surface area (Å²) in [5.74, 6) is -0.359. The van der Waals surface area contributed by atoms with Crippen molar-refractivity contribution in [3.8, 4) is 0 Å². The van der Waals surface area contributed by atoms with Crippen molar-refractivity contribution in [1.82, 2.24) is 14.7 Å². The zero-order valence-electron chi connectivity index (χ0n) is 18.8. The smallest absolute Gasteiger partial charge is 0.261 e. The lowest BCUT2D eigenvalue weighted by atomic mass is 9.92. The standard InChI is InChI=1S/C23H30N4O3/c1-14-8-9-15-16(12-14)21(30)26(20(15)29)11-10-19(28)24-18-13-17(22(2,3)4)25-27(18)23(5,6)7/h8-9,12-13H,10-11H2,1-7H3,(H,24,28). The molecule has 30 heavy (non-hydrogen) atoms. The Hall–Kier alpha value is -2.96. The zero-order valence-corrected chi connectivity index (χ0v) is 18.8. The van der Waals surface area contributed by atoms with Crippen molar-refractivity contribution in [2.45, 2.75) is 65.8 Å². The van der Waals surface area contributed by atoms with E-state index in [2.05, 4.69) is 31.2 Å². The number of imide groups is 1. The highest BCUT2D eigenvalue weighted by Crippen LogP contribution is 2.28. The molecule has 7 nitrogen and oxygen atoms in total. The number of nitrogens with one attached hydrogen (secondary N) is 1. The molecule has 7 heteroatoms. The van der Waals surface area contributed by atoms with Gasteiger partial charge < -0.3 is 5.32 Å². The number of nitrogens with zero attached hydrogens (tertiary/aromatic N) is 3. The minimum Gasteiger partial charge on any atom is -0.311 e. The molecular weight excluding hydrogens is 380 g/mol. The minimum atomic E-state index is -0.349. The monoisotopic (exact) mass is 410 g/mol. The molecule has 0 unspecified atom stereocenters. The molecule has 3 amide bonds. The van der Waals surface area contributed by atoms with Crippen LogP contribution in [0.4, 0.5) is 5.82 Å². The highest BCUT2D eigenvalue weighted by Gasteiger charge is 2.35. The van der Waals surface area contributed by atoms with Gasteiger partial charge in [0.15, 0.2) is 0 Å². The van der Waals surface area contributed by atoms with Crippen LogP contribution in [0.1, 0.15) is 79.9 Å². The number of carbonyl (C=O) groups is 3. The van der Waals surface area contributed by atoms with Gasteiger partial charge in [-0.05, 0) is 39.8 Å².